The number of rotatable bonds is 0. The molecule has 52 valence electrons. The van der Waals surface area contributed by atoms with Crippen LogP contribution in [0.3, 0.4) is 0 Å². The SMILES string of the molecule is NC(=O)N1CCCSN1. The molecule has 1 aliphatic rings. The third kappa shape index (κ3) is 1.76. The summed E-state index contributed by atoms with van der Waals surface area (Å²) < 4.78 is 0. The molecule has 1 saturated heterocycles. The second-order valence-electron chi connectivity index (χ2n) is 1.78. The molecule has 1 aliphatic heterocycles. The zero-order valence-corrected chi connectivity index (χ0v) is 5.78. The Labute approximate surface area is 57.9 Å². The van der Waals surface area contributed by atoms with Crippen molar-refractivity contribution in [3.8, 4) is 0 Å². The molecular weight excluding hydrogens is 138 g/mol. The van der Waals surface area contributed by atoms with E-state index < -0.39 is 6.03 Å². The largest absolute Gasteiger partial charge is 0.350 e. The number of primary amides is 1. The van der Waals surface area contributed by atoms with E-state index in [4.69, 9.17) is 5.73 Å². The standard InChI is InChI=1S/C4H9N3OS/c5-4(8)7-2-1-3-9-6-7/h6H,1-3H2,(H2,5,8). The number of nitrogens with one attached hydrogen (secondary N) is 1. The van der Waals surface area contributed by atoms with Crippen LogP contribution in [0.25, 0.3) is 0 Å². The molecule has 0 aromatic rings. The van der Waals surface area contributed by atoms with Gasteiger partial charge in [0.2, 0.25) is 0 Å². The second kappa shape index (κ2) is 2.93. The first-order chi connectivity index (χ1) is 4.30. The number of carbonyl (C=O) groups is 1. The van der Waals surface area contributed by atoms with Gasteiger partial charge in [0.25, 0.3) is 0 Å². The third-order valence-corrected chi connectivity index (χ3v) is 1.91. The summed E-state index contributed by atoms with van der Waals surface area (Å²) >= 11 is 1.51. The highest BCUT2D eigenvalue weighted by Crippen LogP contribution is 2.05. The summed E-state index contributed by atoms with van der Waals surface area (Å²) in [5.41, 5.74) is 4.98. The lowest BCUT2D eigenvalue weighted by atomic mass is 10.5. The topological polar surface area (TPSA) is 58.4 Å². The van der Waals surface area contributed by atoms with Crippen LogP contribution in [0.2, 0.25) is 0 Å². The molecule has 0 spiro atoms. The molecule has 0 radical (unpaired) electrons. The van der Waals surface area contributed by atoms with Crippen LogP contribution in [0.15, 0.2) is 0 Å². The van der Waals surface area contributed by atoms with E-state index in [2.05, 4.69) is 4.83 Å². The number of hydrazine groups is 1. The molecule has 1 heterocycles. The predicted octanol–water partition coefficient (Wildman–Crippen LogP) is -0.0764. The number of carbonyl (C=O) groups excluding carboxylic acids is 1. The van der Waals surface area contributed by atoms with Crippen molar-refractivity contribution in [2.45, 2.75) is 6.42 Å². The van der Waals surface area contributed by atoms with Gasteiger partial charge in [-0.2, -0.15) is 4.83 Å². The van der Waals surface area contributed by atoms with Crippen molar-refractivity contribution in [3.05, 3.63) is 0 Å². The highest BCUT2D eigenvalue weighted by atomic mass is 32.2. The van der Waals surface area contributed by atoms with Gasteiger partial charge in [0.1, 0.15) is 0 Å². The lowest BCUT2D eigenvalue weighted by molar-refractivity contribution is 0.198. The van der Waals surface area contributed by atoms with E-state index >= 15 is 0 Å². The minimum Gasteiger partial charge on any atom is -0.350 e. The van der Waals surface area contributed by atoms with Gasteiger partial charge >= 0.3 is 6.03 Å². The van der Waals surface area contributed by atoms with E-state index in [1.807, 2.05) is 0 Å². The van der Waals surface area contributed by atoms with Crippen LogP contribution in [0.1, 0.15) is 6.42 Å². The molecule has 1 rings (SSSR count). The maximum Gasteiger partial charge on any atom is 0.329 e. The summed E-state index contributed by atoms with van der Waals surface area (Å²) in [5.74, 6) is 1.05. The Morgan fingerprint density at radius 1 is 1.78 bits per heavy atom. The van der Waals surface area contributed by atoms with Gasteiger partial charge in [-0.1, -0.05) is 11.9 Å². The first-order valence-electron chi connectivity index (χ1n) is 2.75. The molecule has 0 atom stereocenters. The average Bonchev–Trinajstić information content (AvgIpc) is 1.90. The zero-order chi connectivity index (χ0) is 6.69. The summed E-state index contributed by atoms with van der Waals surface area (Å²) in [6.45, 7) is 0.725. The quantitative estimate of drug-likeness (QED) is 0.471. The fraction of sp³-hybridized carbons (Fsp3) is 0.750. The molecule has 9 heavy (non-hydrogen) atoms. The minimum atomic E-state index is -0.401. The molecule has 0 aromatic carbocycles. The molecule has 0 unspecified atom stereocenters. The molecule has 0 bridgehead atoms. The zero-order valence-electron chi connectivity index (χ0n) is 4.96. The van der Waals surface area contributed by atoms with Crippen LogP contribution in [0.4, 0.5) is 4.79 Å². The van der Waals surface area contributed by atoms with Gasteiger partial charge in [0, 0.05) is 12.3 Å². The van der Waals surface area contributed by atoms with Crippen LogP contribution >= 0.6 is 11.9 Å². The van der Waals surface area contributed by atoms with Crippen molar-refractivity contribution in [2.75, 3.05) is 12.3 Å². The first-order valence-corrected chi connectivity index (χ1v) is 3.73. The summed E-state index contributed by atoms with van der Waals surface area (Å²) in [5, 5.41) is 1.41. The van der Waals surface area contributed by atoms with E-state index in [1.165, 1.54) is 17.0 Å². The Bertz CT molecular complexity index is 112. The molecular formula is C4H9N3OS. The van der Waals surface area contributed by atoms with Crippen LogP contribution in [0, 0.1) is 0 Å². The van der Waals surface area contributed by atoms with Gasteiger partial charge in [-0.3, -0.25) is 5.01 Å². The fourth-order valence-electron chi connectivity index (χ4n) is 0.619. The average molecular weight is 147 g/mol. The van der Waals surface area contributed by atoms with Crippen LogP contribution < -0.4 is 10.6 Å². The molecule has 0 aliphatic carbocycles. The maximum atomic E-state index is 10.4. The number of nitrogens with two attached hydrogens (primary N) is 1. The minimum absolute atomic E-state index is 0.401. The Hall–Kier alpha value is -0.420. The summed E-state index contributed by atoms with van der Waals surface area (Å²) in [6.07, 6.45) is 1.01. The monoisotopic (exact) mass is 147 g/mol. The van der Waals surface area contributed by atoms with Gasteiger partial charge < -0.3 is 5.73 Å². The first kappa shape index (κ1) is 6.70. The highest BCUT2D eigenvalue weighted by Gasteiger charge is 2.11. The lowest BCUT2D eigenvalue weighted by Crippen LogP contribution is -2.45. The third-order valence-electron chi connectivity index (χ3n) is 1.07. The van der Waals surface area contributed by atoms with Crippen molar-refractivity contribution >= 4 is 18.0 Å². The van der Waals surface area contributed by atoms with E-state index in [1.54, 1.807) is 0 Å². The number of hydrogen-bond acceptors (Lipinski definition) is 3. The highest BCUT2D eigenvalue weighted by molar-refractivity contribution is 7.97. The Morgan fingerprint density at radius 3 is 2.89 bits per heavy atom. The van der Waals surface area contributed by atoms with E-state index in [0.29, 0.717) is 0 Å². The molecule has 2 amide bonds. The molecule has 0 aromatic heterocycles. The van der Waals surface area contributed by atoms with Gasteiger partial charge in [-0.25, -0.2) is 4.79 Å². The van der Waals surface area contributed by atoms with Crippen LogP contribution in [-0.2, 0) is 0 Å². The summed E-state index contributed by atoms with van der Waals surface area (Å²) in [6, 6.07) is -0.401. The summed E-state index contributed by atoms with van der Waals surface area (Å²) in [4.78, 5) is 13.2. The molecule has 1 fully saturated rings. The predicted molar refractivity (Wildman–Crippen MR) is 36.5 cm³/mol. The van der Waals surface area contributed by atoms with Crippen molar-refractivity contribution < 1.29 is 4.79 Å². The Morgan fingerprint density at radius 2 is 2.56 bits per heavy atom. The Kier molecular flexibility index (Phi) is 2.18. The van der Waals surface area contributed by atoms with E-state index in [0.717, 1.165) is 18.7 Å². The Balaban J connectivity index is 2.31. The normalized spacial score (nSPS) is 19.8. The number of urea groups is 1. The lowest BCUT2D eigenvalue weighted by Gasteiger charge is -2.24. The van der Waals surface area contributed by atoms with Crippen LogP contribution in [-0.4, -0.2) is 23.3 Å². The smallest absolute Gasteiger partial charge is 0.329 e. The molecule has 5 heteroatoms. The van der Waals surface area contributed by atoms with Crippen LogP contribution in [0.5, 0.6) is 0 Å². The fourth-order valence-corrected chi connectivity index (χ4v) is 1.32. The molecule has 3 N–H and O–H groups in total. The van der Waals surface area contributed by atoms with E-state index in [-0.39, 0.29) is 0 Å². The maximum absolute atomic E-state index is 10.4. The van der Waals surface area contributed by atoms with Gasteiger partial charge in [-0.05, 0) is 6.42 Å². The number of hydrogen-bond donors (Lipinski definition) is 2. The van der Waals surface area contributed by atoms with Crippen molar-refractivity contribution in [2.24, 2.45) is 5.73 Å². The molecule has 0 saturated carbocycles. The van der Waals surface area contributed by atoms with Gasteiger partial charge in [-0.15, -0.1) is 0 Å². The number of amides is 2. The van der Waals surface area contributed by atoms with Crippen molar-refractivity contribution in [3.63, 3.8) is 0 Å². The van der Waals surface area contributed by atoms with Crippen molar-refractivity contribution in [1.29, 1.82) is 0 Å². The molecule has 4 nitrogen and oxygen atoms in total. The van der Waals surface area contributed by atoms with Crippen molar-refractivity contribution in [1.82, 2.24) is 9.84 Å². The second-order valence-corrected chi connectivity index (χ2v) is 2.66. The van der Waals surface area contributed by atoms with Gasteiger partial charge in [0.15, 0.2) is 0 Å². The summed E-state index contributed by atoms with van der Waals surface area (Å²) in [7, 11) is 0. The van der Waals surface area contributed by atoms with Gasteiger partial charge in [0.05, 0.1) is 0 Å². The van der Waals surface area contributed by atoms with E-state index in [9.17, 15) is 4.79 Å². The number of nitrogens with zero attached hydrogens (tertiary/aromatic N) is 1.